The highest BCUT2D eigenvalue weighted by Gasteiger charge is 2.20. The van der Waals surface area contributed by atoms with Crippen molar-refractivity contribution in [1.29, 1.82) is 0 Å². The van der Waals surface area contributed by atoms with Gasteiger partial charge in [0.1, 0.15) is 12.7 Å². The van der Waals surface area contributed by atoms with Gasteiger partial charge in [-0.15, -0.1) is 0 Å². The molecular weight excluding hydrogens is 294 g/mol. The molecule has 0 amide bonds. The molecule has 1 saturated heterocycles. The summed E-state index contributed by atoms with van der Waals surface area (Å²) in [5.41, 5.74) is 1.04. The van der Waals surface area contributed by atoms with E-state index < -0.39 is 6.10 Å². The van der Waals surface area contributed by atoms with Gasteiger partial charge in [0.05, 0.1) is 13.2 Å². The zero-order valence-electron chi connectivity index (χ0n) is 13.9. The van der Waals surface area contributed by atoms with Crippen LogP contribution in [0.15, 0.2) is 24.3 Å². The normalized spacial score (nSPS) is 20.6. The van der Waals surface area contributed by atoms with E-state index in [-0.39, 0.29) is 12.7 Å². The third-order valence-corrected chi connectivity index (χ3v) is 3.93. The van der Waals surface area contributed by atoms with Crippen LogP contribution in [0.25, 0.3) is 6.08 Å². The van der Waals surface area contributed by atoms with Crippen molar-refractivity contribution >= 4 is 6.08 Å². The molecule has 128 valence electrons. The lowest BCUT2D eigenvalue weighted by Crippen LogP contribution is -2.43. The molecule has 0 spiro atoms. The molecule has 1 aromatic carbocycles. The van der Waals surface area contributed by atoms with Gasteiger partial charge in [0.2, 0.25) is 0 Å². The highest BCUT2D eigenvalue weighted by Crippen LogP contribution is 2.28. The van der Waals surface area contributed by atoms with Gasteiger partial charge in [-0.1, -0.05) is 18.2 Å². The first-order valence-electron chi connectivity index (χ1n) is 8.14. The van der Waals surface area contributed by atoms with E-state index in [4.69, 9.17) is 9.47 Å². The maximum Gasteiger partial charge on any atom is 0.161 e. The van der Waals surface area contributed by atoms with Crippen LogP contribution >= 0.6 is 0 Å². The average molecular weight is 321 g/mol. The van der Waals surface area contributed by atoms with Gasteiger partial charge in [-0.2, -0.15) is 0 Å². The van der Waals surface area contributed by atoms with E-state index in [1.165, 1.54) is 0 Å². The van der Waals surface area contributed by atoms with Crippen molar-refractivity contribution < 1.29 is 19.7 Å². The number of hydrogen-bond acceptors (Lipinski definition) is 5. The van der Waals surface area contributed by atoms with E-state index in [1.54, 1.807) is 7.11 Å². The molecular formula is C18H27NO4. The molecule has 0 saturated carbocycles. The van der Waals surface area contributed by atoms with Gasteiger partial charge >= 0.3 is 0 Å². The Bertz CT molecular complexity index is 518. The van der Waals surface area contributed by atoms with Crippen LogP contribution in [-0.2, 0) is 0 Å². The molecule has 0 bridgehead atoms. The van der Waals surface area contributed by atoms with Crippen LogP contribution in [0.2, 0.25) is 0 Å². The smallest absolute Gasteiger partial charge is 0.161 e. The zero-order valence-corrected chi connectivity index (χ0v) is 13.9. The largest absolute Gasteiger partial charge is 0.493 e. The van der Waals surface area contributed by atoms with E-state index in [1.807, 2.05) is 37.3 Å². The first-order chi connectivity index (χ1) is 11.1. The zero-order chi connectivity index (χ0) is 16.7. The number of benzene rings is 1. The molecule has 1 aliphatic heterocycles. The minimum absolute atomic E-state index is 0.200. The third-order valence-electron chi connectivity index (χ3n) is 3.93. The summed E-state index contributed by atoms with van der Waals surface area (Å²) in [6, 6.07) is 5.71. The number of hydrogen-bond donors (Lipinski definition) is 2. The molecule has 1 aliphatic rings. The topological polar surface area (TPSA) is 62.2 Å². The molecule has 23 heavy (non-hydrogen) atoms. The van der Waals surface area contributed by atoms with Crippen LogP contribution in [-0.4, -0.2) is 60.7 Å². The highest BCUT2D eigenvalue weighted by molar-refractivity contribution is 5.55. The van der Waals surface area contributed by atoms with E-state index >= 15 is 0 Å². The molecule has 1 aromatic rings. The Morgan fingerprint density at radius 2 is 2.22 bits per heavy atom. The fourth-order valence-corrected chi connectivity index (χ4v) is 2.83. The van der Waals surface area contributed by atoms with Crippen molar-refractivity contribution in [3.63, 3.8) is 0 Å². The van der Waals surface area contributed by atoms with E-state index in [0.29, 0.717) is 24.6 Å². The third kappa shape index (κ3) is 5.53. The lowest BCUT2D eigenvalue weighted by molar-refractivity contribution is 0.0240. The van der Waals surface area contributed by atoms with Crippen molar-refractivity contribution in [2.24, 2.45) is 0 Å². The van der Waals surface area contributed by atoms with Gasteiger partial charge in [0, 0.05) is 13.1 Å². The number of methoxy groups -OCH3 is 1. The molecule has 5 heteroatoms. The molecule has 5 nitrogen and oxygen atoms in total. The van der Waals surface area contributed by atoms with Gasteiger partial charge in [-0.25, -0.2) is 0 Å². The number of aliphatic hydroxyl groups is 2. The second-order valence-corrected chi connectivity index (χ2v) is 5.93. The molecule has 2 N–H and O–H groups in total. The second kappa shape index (κ2) is 8.91. The van der Waals surface area contributed by atoms with E-state index in [9.17, 15) is 10.2 Å². The summed E-state index contributed by atoms with van der Waals surface area (Å²) < 4.78 is 11.0. The Morgan fingerprint density at radius 3 is 2.91 bits per heavy atom. The van der Waals surface area contributed by atoms with Crippen LogP contribution in [0.5, 0.6) is 11.5 Å². The molecule has 1 fully saturated rings. The summed E-state index contributed by atoms with van der Waals surface area (Å²) in [7, 11) is 1.60. The quantitative estimate of drug-likeness (QED) is 0.803. The second-order valence-electron chi connectivity index (χ2n) is 5.93. The Morgan fingerprint density at radius 1 is 1.39 bits per heavy atom. The number of β-amino-alcohol motifs (C(OH)–C–C–N with tert-alkyl or cyclic N) is 2. The Balaban J connectivity index is 1.87. The number of likely N-dealkylation sites (tertiary alicyclic amines) is 1. The molecule has 1 heterocycles. The first-order valence-corrected chi connectivity index (χ1v) is 8.14. The van der Waals surface area contributed by atoms with E-state index in [0.717, 1.165) is 24.9 Å². The summed E-state index contributed by atoms with van der Waals surface area (Å²) in [6.07, 6.45) is 4.89. The van der Waals surface area contributed by atoms with Crippen molar-refractivity contribution in [2.75, 3.05) is 33.4 Å². The van der Waals surface area contributed by atoms with Crippen molar-refractivity contribution in [2.45, 2.75) is 32.0 Å². The number of aliphatic hydroxyl groups excluding tert-OH is 2. The van der Waals surface area contributed by atoms with Crippen molar-refractivity contribution in [3.8, 4) is 11.5 Å². The Kier molecular flexibility index (Phi) is 6.89. The summed E-state index contributed by atoms with van der Waals surface area (Å²) in [5.74, 6) is 1.28. The van der Waals surface area contributed by atoms with Crippen LogP contribution < -0.4 is 9.47 Å². The first kappa shape index (κ1) is 17.8. The van der Waals surface area contributed by atoms with Gasteiger partial charge in [-0.05, 0) is 44.0 Å². The molecule has 0 radical (unpaired) electrons. The molecule has 0 aliphatic carbocycles. The van der Waals surface area contributed by atoms with Crippen LogP contribution in [0.1, 0.15) is 25.3 Å². The van der Waals surface area contributed by atoms with Crippen LogP contribution in [0.4, 0.5) is 0 Å². The number of ether oxygens (including phenoxy) is 2. The summed E-state index contributed by atoms with van der Waals surface area (Å²) >= 11 is 0. The predicted octanol–water partition coefficient (Wildman–Crippen LogP) is 1.92. The van der Waals surface area contributed by atoms with Gasteiger partial charge in [-0.3, -0.25) is 4.90 Å². The minimum atomic E-state index is -0.597. The fraction of sp³-hybridized carbons (Fsp3) is 0.556. The number of rotatable bonds is 7. The monoisotopic (exact) mass is 321 g/mol. The lowest BCUT2D eigenvalue weighted by Gasteiger charge is -2.31. The molecule has 2 atom stereocenters. The minimum Gasteiger partial charge on any atom is -0.493 e. The summed E-state index contributed by atoms with van der Waals surface area (Å²) in [5, 5.41) is 19.8. The van der Waals surface area contributed by atoms with Crippen LogP contribution in [0.3, 0.4) is 0 Å². The van der Waals surface area contributed by atoms with Crippen molar-refractivity contribution in [1.82, 2.24) is 4.90 Å². The number of piperidine rings is 1. The fourth-order valence-electron chi connectivity index (χ4n) is 2.83. The van der Waals surface area contributed by atoms with Gasteiger partial charge in [0.25, 0.3) is 0 Å². The summed E-state index contributed by atoms with van der Waals surface area (Å²) in [6.45, 7) is 4.21. The average Bonchev–Trinajstić information content (AvgIpc) is 2.54. The van der Waals surface area contributed by atoms with Crippen molar-refractivity contribution in [3.05, 3.63) is 29.8 Å². The van der Waals surface area contributed by atoms with Crippen LogP contribution in [0, 0.1) is 0 Å². The number of allylic oxidation sites excluding steroid dienone is 1. The molecule has 2 unspecified atom stereocenters. The Labute approximate surface area is 138 Å². The van der Waals surface area contributed by atoms with E-state index in [2.05, 4.69) is 4.90 Å². The van der Waals surface area contributed by atoms with Gasteiger partial charge < -0.3 is 19.7 Å². The molecule has 0 aromatic heterocycles. The number of nitrogens with zero attached hydrogens (tertiary/aromatic N) is 1. The standard InChI is InChI=1S/C18H27NO4/c1-3-5-14-7-8-17(18(10-14)22-2)23-13-16(21)12-19-9-4-6-15(20)11-19/h3,5,7-8,10,15-16,20-21H,4,6,9,11-13H2,1-2H3/b5-3+. The highest BCUT2D eigenvalue weighted by atomic mass is 16.5. The lowest BCUT2D eigenvalue weighted by atomic mass is 10.1. The SMILES string of the molecule is C/C=C/c1ccc(OCC(O)CN2CCCC(O)C2)c(OC)c1. The predicted molar refractivity (Wildman–Crippen MR) is 90.9 cm³/mol. The maximum atomic E-state index is 10.2. The maximum absolute atomic E-state index is 10.2. The van der Waals surface area contributed by atoms with Gasteiger partial charge in [0.15, 0.2) is 11.5 Å². The molecule has 2 rings (SSSR count). The summed E-state index contributed by atoms with van der Waals surface area (Å²) in [4.78, 5) is 2.08. The Hall–Kier alpha value is -1.56.